The van der Waals surface area contributed by atoms with Crippen LogP contribution in [-0.2, 0) is 11.3 Å². The first-order valence-electron chi connectivity index (χ1n) is 6.50. The summed E-state index contributed by atoms with van der Waals surface area (Å²) in [5, 5.41) is 6.68. The van der Waals surface area contributed by atoms with Crippen molar-refractivity contribution in [3.05, 3.63) is 28.8 Å². The lowest BCUT2D eigenvalue weighted by Gasteiger charge is -2.22. The number of hydrogen-bond donors (Lipinski definition) is 2. The van der Waals surface area contributed by atoms with Gasteiger partial charge in [0, 0.05) is 36.4 Å². The summed E-state index contributed by atoms with van der Waals surface area (Å²) in [6.07, 6.45) is 0.942. The molecule has 0 spiro atoms. The molecule has 0 unspecified atom stereocenters. The van der Waals surface area contributed by atoms with Crippen molar-refractivity contribution in [2.75, 3.05) is 32.1 Å². The van der Waals surface area contributed by atoms with Crippen molar-refractivity contribution < 1.29 is 4.79 Å². The van der Waals surface area contributed by atoms with Gasteiger partial charge >= 0.3 is 0 Å². The minimum atomic E-state index is 0.0275. The Kier molecular flexibility index (Phi) is 6.67. The fourth-order valence-corrected chi connectivity index (χ4v) is 2.11. The summed E-state index contributed by atoms with van der Waals surface area (Å²) in [6.45, 7) is 3.75. The number of carbonyl (C=O) groups excluding carboxylic acids is 1. The predicted molar refractivity (Wildman–Crippen MR) is 80.8 cm³/mol. The molecule has 19 heavy (non-hydrogen) atoms. The van der Waals surface area contributed by atoms with Gasteiger partial charge in [-0.3, -0.25) is 4.79 Å². The number of hydrogen-bond acceptors (Lipinski definition) is 3. The van der Waals surface area contributed by atoms with Crippen LogP contribution in [-0.4, -0.2) is 33.1 Å². The third-order valence-electron chi connectivity index (χ3n) is 2.81. The van der Waals surface area contributed by atoms with E-state index in [-0.39, 0.29) is 5.91 Å². The molecular formula is C14H22ClN3O. The standard InChI is InChI=1S/C14H22ClN3O/c1-4-8-17-14(19)10-18(3)13-7-5-6-12(15)11(13)9-16-2/h5-7,16H,4,8-10H2,1-3H3,(H,17,19). The first kappa shape index (κ1) is 15.8. The minimum Gasteiger partial charge on any atom is -0.365 e. The maximum absolute atomic E-state index is 11.7. The summed E-state index contributed by atoms with van der Waals surface area (Å²) in [5.41, 5.74) is 1.99. The van der Waals surface area contributed by atoms with Crippen LogP contribution in [0.3, 0.4) is 0 Å². The van der Waals surface area contributed by atoms with Crippen LogP contribution in [0.1, 0.15) is 18.9 Å². The van der Waals surface area contributed by atoms with E-state index < -0.39 is 0 Å². The molecule has 0 atom stereocenters. The van der Waals surface area contributed by atoms with Crippen LogP contribution < -0.4 is 15.5 Å². The topological polar surface area (TPSA) is 44.4 Å². The lowest BCUT2D eigenvalue weighted by Crippen LogP contribution is -2.36. The molecule has 0 bridgehead atoms. The molecule has 1 rings (SSSR count). The number of rotatable bonds is 7. The molecule has 4 nitrogen and oxygen atoms in total. The number of amides is 1. The van der Waals surface area contributed by atoms with Crippen molar-refractivity contribution in [2.45, 2.75) is 19.9 Å². The zero-order valence-electron chi connectivity index (χ0n) is 11.8. The number of benzene rings is 1. The van der Waals surface area contributed by atoms with Gasteiger partial charge in [-0.1, -0.05) is 24.6 Å². The molecule has 0 saturated heterocycles. The average molecular weight is 284 g/mol. The van der Waals surface area contributed by atoms with Gasteiger partial charge in [-0.25, -0.2) is 0 Å². The molecule has 0 heterocycles. The van der Waals surface area contributed by atoms with Gasteiger partial charge in [0.2, 0.25) is 5.91 Å². The number of nitrogens with zero attached hydrogens (tertiary/aromatic N) is 1. The Morgan fingerprint density at radius 2 is 2.16 bits per heavy atom. The zero-order valence-corrected chi connectivity index (χ0v) is 12.5. The second-order valence-electron chi connectivity index (χ2n) is 4.47. The highest BCUT2D eigenvalue weighted by molar-refractivity contribution is 6.31. The van der Waals surface area contributed by atoms with Crippen molar-refractivity contribution in [3.8, 4) is 0 Å². The van der Waals surface area contributed by atoms with Crippen molar-refractivity contribution >= 4 is 23.2 Å². The summed E-state index contributed by atoms with van der Waals surface area (Å²) < 4.78 is 0. The Labute approximate surface area is 120 Å². The highest BCUT2D eigenvalue weighted by atomic mass is 35.5. The first-order valence-corrected chi connectivity index (χ1v) is 6.87. The van der Waals surface area contributed by atoms with Crippen LogP contribution in [0.15, 0.2) is 18.2 Å². The van der Waals surface area contributed by atoms with Crippen LogP contribution in [0.5, 0.6) is 0 Å². The molecule has 1 aromatic rings. The third-order valence-corrected chi connectivity index (χ3v) is 3.17. The molecular weight excluding hydrogens is 262 g/mol. The molecule has 0 saturated carbocycles. The number of halogens is 1. The molecule has 1 amide bonds. The van der Waals surface area contributed by atoms with Crippen molar-refractivity contribution in [1.82, 2.24) is 10.6 Å². The Morgan fingerprint density at radius 3 is 2.79 bits per heavy atom. The van der Waals surface area contributed by atoms with Crippen LogP contribution in [0, 0.1) is 0 Å². The van der Waals surface area contributed by atoms with Crippen LogP contribution in [0.2, 0.25) is 5.02 Å². The van der Waals surface area contributed by atoms with Gasteiger partial charge in [-0.15, -0.1) is 0 Å². The highest BCUT2D eigenvalue weighted by Gasteiger charge is 2.12. The van der Waals surface area contributed by atoms with E-state index in [0.29, 0.717) is 24.7 Å². The maximum atomic E-state index is 11.7. The van der Waals surface area contributed by atoms with Gasteiger partial charge in [-0.2, -0.15) is 0 Å². The summed E-state index contributed by atoms with van der Waals surface area (Å²) >= 11 is 6.21. The first-order chi connectivity index (χ1) is 9.10. The molecule has 1 aromatic carbocycles. The molecule has 0 fully saturated rings. The van der Waals surface area contributed by atoms with E-state index in [0.717, 1.165) is 17.7 Å². The van der Waals surface area contributed by atoms with Crippen LogP contribution in [0.25, 0.3) is 0 Å². The number of carbonyl (C=O) groups is 1. The number of nitrogens with one attached hydrogen (secondary N) is 2. The summed E-state index contributed by atoms with van der Waals surface area (Å²) in [4.78, 5) is 13.7. The molecule has 106 valence electrons. The molecule has 0 aliphatic heterocycles. The third kappa shape index (κ3) is 4.73. The van der Waals surface area contributed by atoms with Gasteiger partial charge in [0.1, 0.15) is 0 Å². The fraction of sp³-hybridized carbons (Fsp3) is 0.500. The second kappa shape index (κ2) is 8.02. The smallest absolute Gasteiger partial charge is 0.239 e. The largest absolute Gasteiger partial charge is 0.365 e. The SMILES string of the molecule is CCCNC(=O)CN(C)c1cccc(Cl)c1CNC. The van der Waals surface area contributed by atoms with Gasteiger partial charge in [-0.05, 0) is 25.6 Å². The van der Waals surface area contributed by atoms with Crippen molar-refractivity contribution in [2.24, 2.45) is 0 Å². The Morgan fingerprint density at radius 1 is 1.42 bits per heavy atom. The van der Waals surface area contributed by atoms with E-state index >= 15 is 0 Å². The maximum Gasteiger partial charge on any atom is 0.239 e. The normalized spacial score (nSPS) is 10.3. The van der Waals surface area contributed by atoms with E-state index in [4.69, 9.17) is 11.6 Å². The number of likely N-dealkylation sites (N-methyl/N-ethyl adjacent to an activating group) is 1. The van der Waals surface area contributed by atoms with Gasteiger partial charge in [0.25, 0.3) is 0 Å². The van der Waals surface area contributed by atoms with Gasteiger partial charge < -0.3 is 15.5 Å². The van der Waals surface area contributed by atoms with Crippen molar-refractivity contribution in [3.63, 3.8) is 0 Å². The van der Waals surface area contributed by atoms with Gasteiger partial charge in [0.15, 0.2) is 0 Å². The van der Waals surface area contributed by atoms with E-state index in [1.165, 1.54) is 0 Å². The molecule has 2 N–H and O–H groups in total. The molecule has 0 aromatic heterocycles. The quantitative estimate of drug-likeness (QED) is 0.805. The summed E-state index contributed by atoms with van der Waals surface area (Å²) in [6, 6.07) is 5.74. The van der Waals surface area contributed by atoms with Crippen LogP contribution in [0.4, 0.5) is 5.69 Å². The number of anilines is 1. The molecule has 0 aliphatic carbocycles. The lowest BCUT2D eigenvalue weighted by atomic mass is 10.1. The molecule has 0 radical (unpaired) electrons. The second-order valence-corrected chi connectivity index (χ2v) is 4.88. The van der Waals surface area contributed by atoms with Gasteiger partial charge in [0.05, 0.1) is 6.54 Å². The fourth-order valence-electron chi connectivity index (χ4n) is 1.88. The molecule has 5 heteroatoms. The Bertz CT molecular complexity index is 423. The highest BCUT2D eigenvalue weighted by Crippen LogP contribution is 2.26. The van der Waals surface area contributed by atoms with Crippen LogP contribution >= 0.6 is 11.6 Å². The van der Waals surface area contributed by atoms with E-state index in [1.54, 1.807) is 0 Å². The van der Waals surface area contributed by atoms with Crippen molar-refractivity contribution in [1.29, 1.82) is 0 Å². The predicted octanol–water partition coefficient (Wildman–Crippen LogP) is 2.02. The summed E-state index contributed by atoms with van der Waals surface area (Å²) in [7, 11) is 3.78. The lowest BCUT2D eigenvalue weighted by molar-refractivity contribution is -0.119. The monoisotopic (exact) mass is 283 g/mol. The minimum absolute atomic E-state index is 0.0275. The average Bonchev–Trinajstić information content (AvgIpc) is 2.38. The van der Waals surface area contributed by atoms with E-state index in [2.05, 4.69) is 10.6 Å². The zero-order chi connectivity index (χ0) is 14.3. The van der Waals surface area contributed by atoms with E-state index in [9.17, 15) is 4.79 Å². The Hall–Kier alpha value is -1.26. The Balaban J connectivity index is 2.78. The summed E-state index contributed by atoms with van der Waals surface area (Å²) in [5.74, 6) is 0.0275. The molecule has 0 aliphatic rings. The van der Waals surface area contributed by atoms with E-state index in [1.807, 2.05) is 44.1 Å².